The molecule has 0 heterocycles. The quantitative estimate of drug-likeness (QED) is 0.497. The molecule has 0 amide bonds. The molecule has 0 aromatic heterocycles. The first-order chi connectivity index (χ1) is 10.4. The van der Waals surface area contributed by atoms with E-state index in [0.29, 0.717) is 0 Å². The van der Waals surface area contributed by atoms with E-state index in [0.717, 1.165) is 0 Å². The fraction of sp³-hybridized carbons (Fsp3) is 0.857. The van der Waals surface area contributed by atoms with Gasteiger partial charge in [0.15, 0.2) is 12.2 Å². The molecule has 0 aliphatic heterocycles. The zero-order valence-electron chi connectivity index (χ0n) is 14.0. The van der Waals surface area contributed by atoms with Crippen molar-refractivity contribution in [3.05, 3.63) is 0 Å². The number of esters is 2. The topological polar surface area (TPSA) is 89.5 Å². The Balaban J connectivity index is 5.27. The van der Waals surface area contributed by atoms with E-state index >= 15 is 0 Å². The van der Waals surface area contributed by atoms with Gasteiger partial charge >= 0.3 is 11.9 Å². The van der Waals surface area contributed by atoms with E-state index in [2.05, 4.69) is 0 Å². The largest absolute Gasteiger partial charge is 0.457 e. The van der Waals surface area contributed by atoms with Crippen LogP contribution in [-0.4, -0.2) is 78.0 Å². The van der Waals surface area contributed by atoms with Gasteiger partial charge in [-0.15, -0.1) is 0 Å². The number of carbonyl (C=O) groups is 2. The van der Waals surface area contributed by atoms with Gasteiger partial charge in [0.05, 0.1) is 13.2 Å². The van der Waals surface area contributed by atoms with Crippen LogP contribution < -0.4 is 0 Å². The van der Waals surface area contributed by atoms with Gasteiger partial charge in [-0.05, 0) is 0 Å². The Hall–Kier alpha value is -1.22. The number of hydrogen-bond donors (Lipinski definition) is 0. The molecule has 0 aromatic rings. The normalized spacial score (nSPS) is 16.5. The molecule has 0 saturated carbocycles. The van der Waals surface area contributed by atoms with Crippen molar-refractivity contribution in [1.82, 2.24) is 0 Å². The molecule has 130 valence electrons. The minimum absolute atomic E-state index is 0.109. The summed E-state index contributed by atoms with van der Waals surface area (Å²) in [7, 11) is 5.84. The van der Waals surface area contributed by atoms with E-state index in [1.807, 2.05) is 0 Å². The van der Waals surface area contributed by atoms with E-state index in [1.165, 1.54) is 42.3 Å². The Morgan fingerprint density at radius 3 is 1.23 bits per heavy atom. The first kappa shape index (κ1) is 20.8. The van der Waals surface area contributed by atoms with Crippen LogP contribution in [0.3, 0.4) is 0 Å². The molecule has 8 nitrogen and oxygen atoms in total. The van der Waals surface area contributed by atoms with Gasteiger partial charge in [-0.1, -0.05) is 0 Å². The molecule has 0 N–H and O–H groups in total. The summed E-state index contributed by atoms with van der Waals surface area (Å²) < 4.78 is 31.3. The van der Waals surface area contributed by atoms with Crippen molar-refractivity contribution >= 4 is 11.9 Å². The molecule has 8 heteroatoms. The molecule has 4 atom stereocenters. The van der Waals surface area contributed by atoms with Crippen molar-refractivity contribution in [1.29, 1.82) is 0 Å². The van der Waals surface area contributed by atoms with Crippen LogP contribution in [0.2, 0.25) is 0 Å². The summed E-state index contributed by atoms with van der Waals surface area (Å²) in [5, 5.41) is 0. The Morgan fingerprint density at radius 1 is 0.727 bits per heavy atom. The smallest absolute Gasteiger partial charge is 0.303 e. The van der Waals surface area contributed by atoms with Gasteiger partial charge in [0.2, 0.25) is 0 Å². The lowest BCUT2D eigenvalue weighted by molar-refractivity contribution is -0.190. The summed E-state index contributed by atoms with van der Waals surface area (Å²) >= 11 is 0. The zero-order chi connectivity index (χ0) is 17.1. The molecule has 0 bridgehead atoms. The Kier molecular flexibility index (Phi) is 10.7. The SMILES string of the molecule is COC[C@@H](OC(C)=O)[C@@H](OC)[C@H](OC)[C@@H](COC)OC(C)=O. The summed E-state index contributed by atoms with van der Waals surface area (Å²) in [6.45, 7) is 2.79. The Morgan fingerprint density at radius 2 is 1.05 bits per heavy atom. The summed E-state index contributed by atoms with van der Waals surface area (Å²) in [6.07, 6.45) is -2.83. The average molecular weight is 322 g/mol. The van der Waals surface area contributed by atoms with Gasteiger partial charge in [0.1, 0.15) is 12.2 Å². The van der Waals surface area contributed by atoms with Crippen molar-refractivity contribution in [2.75, 3.05) is 41.7 Å². The van der Waals surface area contributed by atoms with Crippen LogP contribution in [0.1, 0.15) is 13.8 Å². The van der Waals surface area contributed by atoms with Gasteiger partial charge < -0.3 is 28.4 Å². The van der Waals surface area contributed by atoms with Crippen molar-refractivity contribution < 1.29 is 38.0 Å². The maximum absolute atomic E-state index is 11.2. The third-order valence-corrected chi connectivity index (χ3v) is 2.90. The number of rotatable bonds is 11. The predicted molar refractivity (Wildman–Crippen MR) is 76.5 cm³/mol. The lowest BCUT2D eigenvalue weighted by atomic mass is 10.0. The molecule has 0 spiro atoms. The molecular weight excluding hydrogens is 296 g/mol. The van der Waals surface area contributed by atoms with E-state index < -0.39 is 36.4 Å². The molecule has 0 radical (unpaired) electrons. The van der Waals surface area contributed by atoms with Gasteiger partial charge in [-0.2, -0.15) is 0 Å². The molecule has 22 heavy (non-hydrogen) atoms. The summed E-state index contributed by atoms with van der Waals surface area (Å²) in [4.78, 5) is 22.5. The van der Waals surface area contributed by atoms with Crippen molar-refractivity contribution in [2.24, 2.45) is 0 Å². The molecular formula is C14H26O8. The highest BCUT2D eigenvalue weighted by atomic mass is 16.6. The van der Waals surface area contributed by atoms with E-state index in [9.17, 15) is 9.59 Å². The Labute approximate surface area is 130 Å². The van der Waals surface area contributed by atoms with Crippen LogP contribution in [0.15, 0.2) is 0 Å². The number of ether oxygens (including phenoxy) is 6. The first-order valence-electron chi connectivity index (χ1n) is 6.79. The highest BCUT2D eigenvalue weighted by molar-refractivity contribution is 5.66. The van der Waals surface area contributed by atoms with Crippen molar-refractivity contribution in [3.8, 4) is 0 Å². The lowest BCUT2D eigenvalue weighted by Crippen LogP contribution is -2.52. The number of hydrogen-bond acceptors (Lipinski definition) is 8. The average Bonchev–Trinajstić information content (AvgIpc) is 2.42. The molecule has 0 rings (SSSR count). The van der Waals surface area contributed by atoms with Gasteiger partial charge in [-0.3, -0.25) is 9.59 Å². The van der Waals surface area contributed by atoms with Gasteiger partial charge in [0.25, 0.3) is 0 Å². The monoisotopic (exact) mass is 322 g/mol. The molecule has 0 saturated heterocycles. The van der Waals surface area contributed by atoms with Gasteiger partial charge in [0, 0.05) is 42.3 Å². The predicted octanol–water partition coefficient (Wildman–Crippen LogP) is 0.173. The molecule has 0 aliphatic carbocycles. The first-order valence-corrected chi connectivity index (χ1v) is 6.79. The minimum atomic E-state index is -0.715. The second kappa shape index (κ2) is 11.4. The maximum Gasteiger partial charge on any atom is 0.303 e. The minimum Gasteiger partial charge on any atom is -0.457 e. The van der Waals surface area contributed by atoms with E-state index in [-0.39, 0.29) is 13.2 Å². The number of carbonyl (C=O) groups excluding carboxylic acids is 2. The molecule has 0 aliphatic rings. The van der Waals surface area contributed by atoms with E-state index in [4.69, 9.17) is 28.4 Å². The summed E-state index contributed by atoms with van der Waals surface area (Å²) in [5.41, 5.74) is 0. The zero-order valence-corrected chi connectivity index (χ0v) is 14.0. The number of methoxy groups -OCH3 is 4. The van der Waals surface area contributed by atoms with Crippen LogP contribution in [0, 0.1) is 0 Å². The maximum atomic E-state index is 11.2. The van der Waals surface area contributed by atoms with Crippen molar-refractivity contribution in [2.45, 2.75) is 38.3 Å². The fourth-order valence-electron chi connectivity index (χ4n) is 2.14. The van der Waals surface area contributed by atoms with Crippen LogP contribution in [0.5, 0.6) is 0 Å². The van der Waals surface area contributed by atoms with Crippen LogP contribution in [0.4, 0.5) is 0 Å². The third kappa shape index (κ3) is 7.17. The summed E-state index contributed by atoms with van der Waals surface area (Å²) in [6, 6.07) is 0. The highest BCUT2D eigenvalue weighted by Crippen LogP contribution is 2.18. The second-order valence-electron chi connectivity index (χ2n) is 4.61. The van der Waals surface area contributed by atoms with Crippen LogP contribution in [0.25, 0.3) is 0 Å². The molecule has 0 unspecified atom stereocenters. The second-order valence-corrected chi connectivity index (χ2v) is 4.61. The molecule has 0 aromatic carbocycles. The lowest BCUT2D eigenvalue weighted by Gasteiger charge is -2.34. The van der Waals surface area contributed by atoms with Gasteiger partial charge in [-0.25, -0.2) is 0 Å². The van der Waals surface area contributed by atoms with Crippen molar-refractivity contribution in [3.63, 3.8) is 0 Å². The van der Waals surface area contributed by atoms with Crippen LogP contribution >= 0.6 is 0 Å². The van der Waals surface area contributed by atoms with Crippen LogP contribution in [-0.2, 0) is 38.0 Å². The highest BCUT2D eigenvalue weighted by Gasteiger charge is 2.39. The standard InChI is InChI=1S/C14H26O8/c1-9(15)21-11(7-17-3)13(19-5)14(20-6)12(8-18-4)22-10(2)16/h11-14H,7-8H2,1-6H3/t11-,12-,13-,14-/m1/s1. The Bertz CT molecular complexity index is 301. The molecule has 0 fully saturated rings. The van der Waals surface area contributed by atoms with E-state index in [1.54, 1.807) is 0 Å². The third-order valence-electron chi connectivity index (χ3n) is 2.90. The fourth-order valence-corrected chi connectivity index (χ4v) is 2.14. The summed E-state index contributed by atoms with van der Waals surface area (Å²) in [5.74, 6) is -0.954.